The lowest BCUT2D eigenvalue weighted by Crippen LogP contribution is -2.41. The summed E-state index contributed by atoms with van der Waals surface area (Å²) in [5.74, 6) is 1.62. The third-order valence-corrected chi connectivity index (χ3v) is 2.80. The molecule has 0 aliphatic heterocycles. The number of para-hydroxylation sites is 2. The van der Waals surface area contributed by atoms with E-state index in [4.69, 9.17) is 9.47 Å². The van der Waals surface area contributed by atoms with Gasteiger partial charge < -0.3 is 14.8 Å². The van der Waals surface area contributed by atoms with Crippen molar-refractivity contribution in [3.05, 3.63) is 24.3 Å². The van der Waals surface area contributed by atoms with Gasteiger partial charge in [0.1, 0.15) is 5.60 Å². The third kappa shape index (κ3) is 3.93. The van der Waals surface area contributed by atoms with Gasteiger partial charge in [0, 0.05) is 6.54 Å². The third-order valence-electron chi connectivity index (χ3n) is 2.80. The van der Waals surface area contributed by atoms with E-state index in [-0.39, 0.29) is 5.60 Å². The van der Waals surface area contributed by atoms with Crippen molar-refractivity contribution >= 4 is 0 Å². The molecule has 0 saturated heterocycles. The molecular weight excluding hydrogens is 214 g/mol. The normalized spacial score (nSPS) is 14.1. The summed E-state index contributed by atoms with van der Waals surface area (Å²) in [6.45, 7) is 7.66. The highest BCUT2D eigenvalue weighted by molar-refractivity contribution is 5.39. The van der Waals surface area contributed by atoms with Crippen LogP contribution in [0, 0.1) is 0 Å². The van der Waals surface area contributed by atoms with Crippen LogP contribution >= 0.6 is 0 Å². The summed E-state index contributed by atoms with van der Waals surface area (Å²) in [5, 5.41) is 3.17. The van der Waals surface area contributed by atoms with Crippen LogP contribution in [-0.4, -0.2) is 25.8 Å². The minimum absolute atomic E-state index is 0.206. The number of ether oxygens (including phenoxy) is 2. The summed E-state index contributed by atoms with van der Waals surface area (Å²) >= 11 is 0. The maximum atomic E-state index is 6.09. The number of likely N-dealkylation sites (N-methyl/N-ethyl adjacent to an activating group) is 1. The van der Waals surface area contributed by atoms with E-state index in [0.29, 0.717) is 6.61 Å². The molecule has 0 amide bonds. The highest BCUT2D eigenvalue weighted by atomic mass is 16.5. The van der Waals surface area contributed by atoms with Crippen molar-refractivity contribution in [2.45, 2.75) is 32.8 Å². The van der Waals surface area contributed by atoms with Gasteiger partial charge in [-0.3, -0.25) is 0 Å². The van der Waals surface area contributed by atoms with E-state index in [1.165, 1.54) is 0 Å². The van der Waals surface area contributed by atoms with Crippen LogP contribution in [0.3, 0.4) is 0 Å². The maximum absolute atomic E-state index is 6.09. The van der Waals surface area contributed by atoms with Crippen molar-refractivity contribution < 1.29 is 9.47 Å². The lowest BCUT2D eigenvalue weighted by Gasteiger charge is -2.30. The second kappa shape index (κ2) is 6.50. The van der Waals surface area contributed by atoms with E-state index in [1.54, 1.807) is 0 Å². The van der Waals surface area contributed by atoms with Crippen LogP contribution in [0.5, 0.6) is 11.5 Å². The van der Waals surface area contributed by atoms with Gasteiger partial charge in [0.05, 0.1) is 6.61 Å². The Labute approximate surface area is 104 Å². The van der Waals surface area contributed by atoms with Crippen LogP contribution in [0.1, 0.15) is 27.2 Å². The zero-order valence-electron chi connectivity index (χ0n) is 11.2. The van der Waals surface area contributed by atoms with Crippen LogP contribution in [0.4, 0.5) is 0 Å². The molecule has 1 atom stereocenters. The quantitative estimate of drug-likeness (QED) is 0.791. The summed E-state index contributed by atoms with van der Waals surface area (Å²) in [6, 6.07) is 7.81. The van der Waals surface area contributed by atoms with E-state index in [1.807, 2.05) is 38.2 Å². The van der Waals surface area contributed by atoms with Crippen LogP contribution in [0.2, 0.25) is 0 Å². The van der Waals surface area contributed by atoms with Gasteiger partial charge >= 0.3 is 0 Å². The van der Waals surface area contributed by atoms with Gasteiger partial charge in [0.2, 0.25) is 0 Å². The SMILES string of the molecule is CCOc1ccccc1OC(C)(CC)CNC. The predicted octanol–water partition coefficient (Wildman–Crippen LogP) is 2.85. The van der Waals surface area contributed by atoms with Gasteiger partial charge in [-0.2, -0.15) is 0 Å². The molecule has 1 aromatic rings. The Morgan fingerprint density at radius 3 is 2.35 bits per heavy atom. The fourth-order valence-corrected chi connectivity index (χ4v) is 1.68. The van der Waals surface area contributed by atoms with Crippen LogP contribution in [0.15, 0.2) is 24.3 Å². The zero-order valence-corrected chi connectivity index (χ0v) is 11.2. The molecule has 0 heterocycles. The van der Waals surface area contributed by atoms with E-state index in [0.717, 1.165) is 24.5 Å². The van der Waals surface area contributed by atoms with E-state index < -0.39 is 0 Å². The van der Waals surface area contributed by atoms with Gasteiger partial charge in [-0.25, -0.2) is 0 Å². The Morgan fingerprint density at radius 1 is 1.18 bits per heavy atom. The van der Waals surface area contributed by atoms with Gasteiger partial charge in [-0.15, -0.1) is 0 Å². The lowest BCUT2D eigenvalue weighted by molar-refractivity contribution is 0.0812. The van der Waals surface area contributed by atoms with Crippen LogP contribution in [0.25, 0.3) is 0 Å². The van der Waals surface area contributed by atoms with Gasteiger partial charge in [-0.1, -0.05) is 19.1 Å². The summed E-state index contributed by atoms with van der Waals surface area (Å²) in [6.07, 6.45) is 0.939. The number of rotatable bonds is 7. The molecular formula is C14H23NO2. The highest BCUT2D eigenvalue weighted by Crippen LogP contribution is 2.30. The fraction of sp³-hybridized carbons (Fsp3) is 0.571. The molecule has 0 aromatic heterocycles. The van der Waals surface area contributed by atoms with Crippen LogP contribution in [-0.2, 0) is 0 Å². The van der Waals surface area contributed by atoms with Crippen molar-refractivity contribution in [1.29, 1.82) is 0 Å². The summed E-state index contributed by atoms with van der Waals surface area (Å²) in [5.41, 5.74) is -0.206. The molecule has 1 aromatic carbocycles. The molecule has 0 spiro atoms. The van der Waals surface area contributed by atoms with Crippen molar-refractivity contribution in [3.63, 3.8) is 0 Å². The molecule has 0 aliphatic carbocycles. The Bertz CT molecular complexity index is 341. The Kier molecular flexibility index (Phi) is 5.29. The van der Waals surface area contributed by atoms with E-state index >= 15 is 0 Å². The second-order valence-corrected chi connectivity index (χ2v) is 4.32. The number of hydrogen-bond acceptors (Lipinski definition) is 3. The summed E-state index contributed by atoms with van der Waals surface area (Å²) in [7, 11) is 1.94. The average molecular weight is 237 g/mol. The van der Waals surface area contributed by atoms with Crippen LogP contribution < -0.4 is 14.8 Å². The standard InChI is InChI=1S/C14H23NO2/c1-5-14(3,11-15-4)17-13-10-8-7-9-12(13)16-6-2/h7-10,15H,5-6,11H2,1-4H3. The van der Waals surface area contributed by atoms with Crippen molar-refractivity contribution in [3.8, 4) is 11.5 Å². The highest BCUT2D eigenvalue weighted by Gasteiger charge is 2.24. The van der Waals surface area contributed by atoms with Gasteiger partial charge in [0.15, 0.2) is 11.5 Å². The first kappa shape index (κ1) is 13.8. The predicted molar refractivity (Wildman–Crippen MR) is 70.9 cm³/mol. The first-order valence-corrected chi connectivity index (χ1v) is 6.20. The number of benzene rings is 1. The van der Waals surface area contributed by atoms with E-state index in [2.05, 4.69) is 19.2 Å². The van der Waals surface area contributed by atoms with Crippen molar-refractivity contribution in [1.82, 2.24) is 5.32 Å². The minimum atomic E-state index is -0.206. The zero-order chi connectivity index (χ0) is 12.7. The summed E-state index contributed by atoms with van der Waals surface area (Å²) in [4.78, 5) is 0. The minimum Gasteiger partial charge on any atom is -0.490 e. The monoisotopic (exact) mass is 237 g/mol. The molecule has 1 unspecified atom stereocenters. The molecule has 3 heteroatoms. The van der Waals surface area contributed by atoms with Crippen molar-refractivity contribution in [2.75, 3.05) is 20.2 Å². The number of hydrogen-bond donors (Lipinski definition) is 1. The first-order chi connectivity index (χ1) is 8.15. The largest absolute Gasteiger partial charge is 0.490 e. The lowest BCUT2D eigenvalue weighted by atomic mass is 10.0. The Hall–Kier alpha value is -1.22. The first-order valence-electron chi connectivity index (χ1n) is 6.20. The van der Waals surface area contributed by atoms with Crippen molar-refractivity contribution in [2.24, 2.45) is 0 Å². The summed E-state index contributed by atoms with van der Waals surface area (Å²) < 4.78 is 11.6. The average Bonchev–Trinajstić information content (AvgIpc) is 2.32. The molecule has 0 aliphatic rings. The molecule has 0 saturated carbocycles. The molecule has 1 rings (SSSR count). The molecule has 0 radical (unpaired) electrons. The Morgan fingerprint density at radius 2 is 1.82 bits per heavy atom. The molecule has 0 fully saturated rings. The van der Waals surface area contributed by atoms with Gasteiger partial charge in [-0.05, 0) is 39.4 Å². The Balaban J connectivity index is 2.85. The topological polar surface area (TPSA) is 30.5 Å². The molecule has 0 bridgehead atoms. The maximum Gasteiger partial charge on any atom is 0.162 e. The van der Waals surface area contributed by atoms with E-state index in [9.17, 15) is 0 Å². The number of nitrogens with one attached hydrogen (secondary N) is 1. The smallest absolute Gasteiger partial charge is 0.162 e. The second-order valence-electron chi connectivity index (χ2n) is 4.32. The van der Waals surface area contributed by atoms with Gasteiger partial charge in [0.25, 0.3) is 0 Å². The molecule has 96 valence electrons. The fourth-order valence-electron chi connectivity index (χ4n) is 1.68. The molecule has 1 N–H and O–H groups in total. The molecule has 3 nitrogen and oxygen atoms in total. The molecule has 17 heavy (non-hydrogen) atoms.